The minimum Gasteiger partial charge on any atom is -0.230 e. The number of halogens is 9. The third kappa shape index (κ3) is 8.60. The van der Waals surface area contributed by atoms with Gasteiger partial charge in [0.1, 0.15) is 140 Å². The van der Waals surface area contributed by atoms with Crippen molar-refractivity contribution >= 4 is 66.2 Å². The maximum atomic E-state index is 14.4. The summed E-state index contributed by atoms with van der Waals surface area (Å²) in [5.74, 6) is -17.7. The lowest BCUT2D eigenvalue weighted by molar-refractivity contribution is 0.471. The molecule has 7 rings (SSSR count). The maximum Gasteiger partial charge on any atom is 0.177 e. The van der Waals surface area contributed by atoms with Crippen LogP contribution in [0.1, 0.15) is 45.3 Å². The molecule has 350 valence electrons. The quantitative estimate of drug-likeness (QED) is 0.116. The van der Waals surface area contributed by atoms with Gasteiger partial charge in [0.2, 0.25) is 0 Å². The van der Waals surface area contributed by atoms with Gasteiger partial charge in [-0.15, -0.1) is 0 Å². The Morgan fingerprint density at radius 1 is 0.378 bits per heavy atom. The number of hydrogen-bond donors (Lipinski definition) is 0. The molecule has 0 spiro atoms. The smallest absolute Gasteiger partial charge is 0.177 e. The van der Waals surface area contributed by atoms with Gasteiger partial charge in [-0.2, -0.15) is 68.4 Å². The number of hydrogen-bond acceptors (Lipinski definition) is 19. The van der Waals surface area contributed by atoms with Crippen LogP contribution in [0.15, 0.2) is 6.04 Å². The second kappa shape index (κ2) is 21.1. The first-order valence-corrected chi connectivity index (χ1v) is 18.5. The molecule has 0 atom stereocenters. The first-order chi connectivity index (χ1) is 35.7. The van der Waals surface area contributed by atoms with Crippen molar-refractivity contribution in [3.63, 3.8) is 0 Å². The van der Waals surface area contributed by atoms with Gasteiger partial charge in [0.05, 0.1) is 33.9 Å². The summed E-state index contributed by atoms with van der Waals surface area (Å²) in [5.41, 5.74) is -5.90. The Morgan fingerprint density at radius 3 is 0.932 bits per heavy atom. The molecule has 0 saturated carbocycles. The first-order valence-electron chi connectivity index (χ1n) is 19.0. The summed E-state index contributed by atoms with van der Waals surface area (Å²) in [6.45, 7) is 0.892. The molecule has 0 aliphatic carbocycles. The fourth-order valence-corrected chi connectivity index (χ4v) is 6.23. The van der Waals surface area contributed by atoms with Gasteiger partial charge >= 0.3 is 0 Å². The summed E-state index contributed by atoms with van der Waals surface area (Å²) in [6.07, 6.45) is 0. The predicted molar refractivity (Wildman–Crippen MR) is 225 cm³/mol. The zero-order valence-corrected chi connectivity index (χ0v) is 35.4. The highest BCUT2D eigenvalue weighted by molar-refractivity contribution is 6.18. The average Bonchev–Trinajstić information content (AvgIpc) is 3.43. The predicted octanol–water partition coefficient (Wildman–Crippen LogP) is 4.30. The van der Waals surface area contributed by atoms with Crippen molar-refractivity contribution in [1.29, 1.82) is 68.4 Å². The van der Waals surface area contributed by atoms with E-state index >= 15 is 0 Å². The number of nitrogens with zero attached hydrogens (tertiary/aromatic N) is 19. The molecule has 3 aromatic heterocycles. The van der Waals surface area contributed by atoms with Crippen LogP contribution in [0.3, 0.4) is 0 Å². The molecule has 0 aliphatic heterocycles. The third-order valence-corrected chi connectivity index (χ3v) is 9.44. The van der Waals surface area contributed by atoms with Crippen molar-refractivity contribution in [2.75, 3.05) is 0 Å². The summed E-state index contributed by atoms with van der Waals surface area (Å²) in [4.78, 5) is 24.7. The largest absolute Gasteiger partial charge is 0.230 e. The van der Waals surface area contributed by atoms with E-state index in [1.54, 1.807) is 36.4 Å². The first kappa shape index (κ1) is 50.8. The van der Waals surface area contributed by atoms with E-state index in [-0.39, 0.29) is 70.1 Å². The zero-order valence-electron chi connectivity index (χ0n) is 36.4. The average molecular weight is 1000 g/mol. The van der Waals surface area contributed by atoms with Crippen LogP contribution in [0.2, 0.25) is 0 Å². The molecule has 0 aliphatic rings. The zero-order chi connectivity index (χ0) is 55.9. The molecular weight excluding hydrogens is 990 g/mol. The monoisotopic (exact) mass is 1000 g/mol. The summed E-state index contributed by atoms with van der Waals surface area (Å²) < 4.78 is 134. The van der Waals surface area contributed by atoms with Crippen LogP contribution in [0.25, 0.3) is 66.2 Å². The maximum absolute atomic E-state index is 14.4. The molecule has 0 saturated heterocycles. The van der Waals surface area contributed by atoms with E-state index < -0.39 is 112 Å². The van der Waals surface area contributed by atoms with E-state index in [2.05, 4.69) is 29.9 Å². The Morgan fingerprint density at radius 2 is 0.649 bits per heavy atom. The Bertz CT molecular complexity index is 4230. The minimum atomic E-state index is -2.13. The van der Waals surface area contributed by atoms with Crippen molar-refractivity contribution in [3.8, 4) is 78.9 Å². The van der Waals surface area contributed by atoms with E-state index in [1.165, 1.54) is 30.3 Å². The standard InChI is InChI=1S/C18N12.C16H3F6N3.C12HF3N4.2H2/c19-1-7-8(2-20)26-14-13(25-7)15-17(29-10(4-22)9(3-21)27-15)18-16(14)28-11(5-23)12(6-24)30-18;1-5(2-23)7-11(17)9-10(15(21)13(7)19)12(18)8(6(3-24)4-25)14(20)16(9)22;13-9-1-8(6(2-16)3-17)11(14)12(15)10(9)7(4-18)5-19;;/h;1H3;1H;2*1H/b;7-5+;;;/i;;1T;1+1;. The number of benzene rings is 4. The van der Waals surface area contributed by atoms with E-state index in [4.69, 9.17) is 38.2 Å². The van der Waals surface area contributed by atoms with E-state index in [0.29, 0.717) is 0 Å². The fourth-order valence-electron chi connectivity index (χ4n) is 6.23. The third-order valence-electron chi connectivity index (χ3n) is 9.44. The van der Waals surface area contributed by atoms with Gasteiger partial charge in [-0.1, -0.05) is 0 Å². The Hall–Kier alpha value is -12.6. The molecular formula is C46H8F9N19. The lowest BCUT2D eigenvalue weighted by Gasteiger charge is -2.09. The van der Waals surface area contributed by atoms with Gasteiger partial charge in [0.25, 0.3) is 0 Å². The highest BCUT2D eigenvalue weighted by atomic mass is 19.2. The summed E-state index contributed by atoms with van der Waals surface area (Å²) >= 11 is 0. The molecule has 19 nitrogen and oxygen atoms in total. The van der Waals surface area contributed by atoms with E-state index in [1.807, 2.05) is 0 Å². The number of aromatic nitrogens is 6. The van der Waals surface area contributed by atoms with Gasteiger partial charge in [-0.3, -0.25) is 0 Å². The minimum absolute atomic E-state index is 0. The fraction of sp³-hybridized carbons (Fsp3) is 0.0217. The summed E-state index contributed by atoms with van der Waals surface area (Å²) in [7, 11) is 0. The number of fused-ring (bicyclic) bond motifs is 7. The molecule has 28 heteroatoms. The highest BCUT2D eigenvalue weighted by Crippen LogP contribution is 2.31. The number of nitriles is 13. The van der Waals surface area contributed by atoms with Crippen molar-refractivity contribution < 1.29 is 43.7 Å². The second-order valence-electron chi connectivity index (χ2n) is 13.3. The lowest BCUT2D eigenvalue weighted by Crippen LogP contribution is -2.26. The summed E-state index contributed by atoms with van der Waals surface area (Å²) in [5, 5.41) is 108. The van der Waals surface area contributed by atoms with Gasteiger partial charge in [0, 0.05) is 13.6 Å². The van der Waals surface area contributed by atoms with Crippen LogP contribution < -0.4 is 20.9 Å². The van der Waals surface area contributed by atoms with Crippen LogP contribution in [-0.2, 0) is 0 Å². The van der Waals surface area contributed by atoms with E-state index in [9.17, 15) is 71.1 Å². The van der Waals surface area contributed by atoms with Crippen molar-refractivity contribution in [3.05, 3.63) is 113 Å². The normalized spacial score (nSPS) is 10.3. The Labute approximate surface area is 406 Å². The van der Waals surface area contributed by atoms with Gasteiger partial charge in [0.15, 0.2) is 69.1 Å². The molecule has 74 heavy (non-hydrogen) atoms. The number of rotatable bonds is 0. The van der Waals surface area contributed by atoms with Crippen molar-refractivity contribution in [2.24, 2.45) is 0 Å². The van der Waals surface area contributed by atoms with E-state index in [0.717, 1.165) is 19.1 Å². The highest BCUT2D eigenvalue weighted by Gasteiger charge is 2.29. The lowest BCUT2D eigenvalue weighted by atomic mass is 10.0. The molecule has 0 radical (unpaired) electrons. The molecule has 0 amide bonds. The van der Waals surface area contributed by atoms with Gasteiger partial charge < -0.3 is 0 Å². The van der Waals surface area contributed by atoms with Crippen LogP contribution in [0, 0.1) is 200 Å². The topological polar surface area (TPSA) is 387 Å². The molecule has 7 aromatic rings. The molecule has 0 unspecified atom stereocenters. The van der Waals surface area contributed by atoms with Crippen LogP contribution in [0.5, 0.6) is 0 Å². The van der Waals surface area contributed by atoms with Crippen LogP contribution >= 0.6 is 0 Å². The van der Waals surface area contributed by atoms with Crippen molar-refractivity contribution in [1.82, 2.24) is 29.9 Å². The molecule has 3 heterocycles. The Kier molecular flexibility index (Phi) is 14.5. The molecule has 0 bridgehead atoms. The van der Waals surface area contributed by atoms with Gasteiger partial charge in [-0.05, 0) is 13.0 Å². The second-order valence-corrected chi connectivity index (χ2v) is 13.3. The van der Waals surface area contributed by atoms with Crippen LogP contribution in [0.4, 0.5) is 39.5 Å². The molecule has 4 aromatic carbocycles. The van der Waals surface area contributed by atoms with Gasteiger partial charge in [-0.25, -0.2) is 69.4 Å². The Balaban J connectivity index is 0.000000307. The van der Waals surface area contributed by atoms with Crippen LogP contribution in [-0.4, -0.2) is 29.9 Å². The SMILES string of the molecule is C/C(C#N)=c1\c(F)c(F)c2c(F)c(=C(C#N)C#N)c(F)c(F)c2c1F.N#Cc1nc2c3nc(C#N)c(C#N)nc3c3nc(C#N)c(C#N)nc3c2nc1C#N.[2HH].[3H]c1c(F)c(=C(C#N)C#N)c(F)c(F)c1=C(C#N)C#N.[HH]. The molecule has 0 fully saturated rings. The molecule has 0 N–H and O–H groups in total. The summed E-state index contributed by atoms with van der Waals surface area (Å²) in [6, 6.07) is 17.5. The van der Waals surface area contributed by atoms with Crippen molar-refractivity contribution in [2.45, 2.75) is 6.92 Å².